The number of hydrogen-bond acceptors (Lipinski definition) is 1. The molecule has 0 N–H and O–H groups in total. The van der Waals surface area contributed by atoms with Gasteiger partial charge in [0.25, 0.3) is 0 Å². The van der Waals surface area contributed by atoms with E-state index in [1.54, 1.807) is 6.08 Å². The molecule has 0 heterocycles. The minimum atomic E-state index is 0.146. The van der Waals surface area contributed by atoms with Crippen LogP contribution >= 0.6 is 11.6 Å². The van der Waals surface area contributed by atoms with Crippen LogP contribution in [0.3, 0.4) is 0 Å². The molecule has 0 aromatic rings. The Labute approximate surface area is 61.7 Å². The van der Waals surface area contributed by atoms with Crippen LogP contribution in [-0.2, 0) is 4.74 Å². The summed E-state index contributed by atoms with van der Waals surface area (Å²) in [7, 11) is 0. The third-order valence-electron chi connectivity index (χ3n) is 1.11. The van der Waals surface area contributed by atoms with Gasteiger partial charge in [0.15, 0.2) is 0 Å². The topological polar surface area (TPSA) is 9.23 Å². The summed E-state index contributed by atoms with van der Waals surface area (Å²) in [5, 5.41) is 0. The van der Waals surface area contributed by atoms with E-state index >= 15 is 0 Å². The Balaban J connectivity index is 3.29. The molecule has 54 valence electrons. The van der Waals surface area contributed by atoms with Crippen molar-refractivity contribution in [2.24, 2.45) is 0 Å². The highest BCUT2D eigenvalue weighted by atomic mass is 35.5. The van der Waals surface area contributed by atoms with Crippen LogP contribution in [0.25, 0.3) is 0 Å². The Hall–Kier alpha value is -0.0100. The number of rotatable bonds is 5. The molecular formula is C7H13ClO. The summed E-state index contributed by atoms with van der Waals surface area (Å²) in [6, 6.07) is 0.261. The van der Waals surface area contributed by atoms with Crippen molar-refractivity contribution < 1.29 is 4.74 Å². The van der Waals surface area contributed by atoms with Crippen molar-refractivity contribution in [2.45, 2.75) is 25.9 Å². The second kappa shape index (κ2) is 6.12. The van der Waals surface area contributed by atoms with Crippen LogP contribution in [0.5, 0.6) is 0 Å². The van der Waals surface area contributed by atoms with E-state index in [1.165, 1.54) is 0 Å². The molecule has 0 aromatic carbocycles. The largest absolute Gasteiger partial charge is 0.358 e. The lowest BCUT2D eigenvalue weighted by molar-refractivity contribution is 0.116. The molecule has 0 aliphatic carbocycles. The maximum atomic E-state index is 5.34. The van der Waals surface area contributed by atoms with Crippen LogP contribution in [-0.4, -0.2) is 12.2 Å². The van der Waals surface area contributed by atoms with Crippen LogP contribution < -0.4 is 0 Å². The van der Waals surface area contributed by atoms with E-state index in [0.717, 1.165) is 12.8 Å². The van der Waals surface area contributed by atoms with E-state index in [4.69, 9.17) is 16.3 Å². The molecule has 1 atom stereocenters. The van der Waals surface area contributed by atoms with Gasteiger partial charge >= 0.3 is 0 Å². The van der Waals surface area contributed by atoms with Gasteiger partial charge in [-0.05, 0) is 6.42 Å². The van der Waals surface area contributed by atoms with Crippen LogP contribution in [0.1, 0.15) is 19.8 Å². The highest BCUT2D eigenvalue weighted by Crippen LogP contribution is 2.02. The lowest BCUT2D eigenvalue weighted by Gasteiger charge is -2.08. The minimum absolute atomic E-state index is 0.146. The predicted octanol–water partition coefficient (Wildman–Crippen LogP) is 2.55. The monoisotopic (exact) mass is 148 g/mol. The Morgan fingerprint density at radius 3 is 2.78 bits per heavy atom. The van der Waals surface area contributed by atoms with E-state index in [2.05, 4.69) is 13.5 Å². The number of hydrogen-bond donors (Lipinski definition) is 0. The van der Waals surface area contributed by atoms with Gasteiger partial charge in [0.05, 0.1) is 6.10 Å². The van der Waals surface area contributed by atoms with Gasteiger partial charge in [-0.3, -0.25) is 0 Å². The van der Waals surface area contributed by atoms with E-state index in [9.17, 15) is 0 Å². The number of alkyl halides is 1. The molecule has 1 nitrogen and oxygen atoms in total. The zero-order valence-electron chi connectivity index (χ0n) is 5.77. The molecule has 0 spiro atoms. The van der Waals surface area contributed by atoms with Gasteiger partial charge in [0.2, 0.25) is 0 Å². The molecule has 0 aromatic heterocycles. The quantitative estimate of drug-likeness (QED) is 0.430. The molecule has 0 saturated heterocycles. The lowest BCUT2D eigenvalue weighted by Crippen LogP contribution is -2.07. The summed E-state index contributed by atoms with van der Waals surface area (Å²) in [6.07, 6.45) is 4.04. The van der Waals surface area contributed by atoms with Crippen molar-refractivity contribution in [3.63, 3.8) is 0 Å². The first-order valence-electron chi connectivity index (χ1n) is 3.15. The maximum absolute atomic E-state index is 5.34. The molecule has 0 fully saturated rings. The Morgan fingerprint density at radius 1 is 1.78 bits per heavy atom. The minimum Gasteiger partial charge on any atom is -0.358 e. The fraction of sp³-hybridized carbons (Fsp3) is 0.714. The average molecular weight is 149 g/mol. The fourth-order valence-corrected chi connectivity index (χ4v) is 0.796. The zero-order chi connectivity index (χ0) is 7.11. The number of ether oxygens (including phenoxy) is 1. The third kappa shape index (κ3) is 4.49. The van der Waals surface area contributed by atoms with Crippen LogP contribution in [0.4, 0.5) is 0 Å². The summed E-state index contributed by atoms with van der Waals surface area (Å²) in [5.41, 5.74) is 0. The van der Waals surface area contributed by atoms with Gasteiger partial charge in [0, 0.05) is 0 Å². The first kappa shape index (κ1) is 8.99. The molecule has 0 aliphatic heterocycles. The molecule has 0 bridgehead atoms. The van der Waals surface area contributed by atoms with Crippen molar-refractivity contribution in [1.82, 2.24) is 0 Å². The van der Waals surface area contributed by atoms with Gasteiger partial charge in [-0.15, -0.1) is 6.58 Å². The van der Waals surface area contributed by atoms with Gasteiger partial charge in [-0.1, -0.05) is 31.0 Å². The maximum Gasteiger partial charge on any atom is 0.121 e. The first-order valence-corrected chi connectivity index (χ1v) is 3.68. The van der Waals surface area contributed by atoms with E-state index in [-0.39, 0.29) is 12.2 Å². The second-order valence-electron chi connectivity index (χ2n) is 1.84. The average Bonchev–Trinajstić information content (AvgIpc) is 1.88. The fourth-order valence-electron chi connectivity index (χ4n) is 0.635. The van der Waals surface area contributed by atoms with Crippen molar-refractivity contribution in [2.75, 3.05) is 6.07 Å². The predicted molar refractivity (Wildman–Crippen MR) is 40.7 cm³/mol. The second-order valence-corrected chi connectivity index (χ2v) is 2.06. The summed E-state index contributed by atoms with van der Waals surface area (Å²) in [6.45, 7) is 5.72. The van der Waals surface area contributed by atoms with Gasteiger partial charge < -0.3 is 4.74 Å². The third-order valence-corrected chi connectivity index (χ3v) is 1.24. The highest BCUT2D eigenvalue weighted by molar-refractivity contribution is 6.17. The van der Waals surface area contributed by atoms with Gasteiger partial charge in [0.1, 0.15) is 6.07 Å². The van der Waals surface area contributed by atoms with Crippen LogP contribution in [0.2, 0.25) is 0 Å². The van der Waals surface area contributed by atoms with Crippen molar-refractivity contribution in [3.8, 4) is 0 Å². The SMILES string of the molecule is C=CC(CCC)OCCl. The summed E-state index contributed by atoms with van der Waals surface area (Å²) in [4.78, 5) is 0. The van der Waals surface area contributed by atoms with Crippen molar-refractivity contribution in [3.05, 3.63) is 12.7 Å². The lowest BCUT2D eigenvalue weighted by atomic mass is 10.2. The Kier molecular flexibility index (Phi) is 6.11. The van der Waals surface area contributed by atoms with Crippen molar-refractivity contribution in [1.29, 1.82) is 0 Å². The molecule has 9 heavy (non-hydrogen) atoms. The van der Waals surface area contributed by atoms with E-state index in [0.29, 0.717) is 0 Å². The van der Waals surface area contributed by atoms with Gasteiger partial charge in [-0.2, -0.15) is 0 Å². The molecule has 2 heteroatoms. The van der Waals surface area contributed by atoms with E-state index < -0.39 is 0 Å². The first-order chi connectivity index (χ1) is 4.35. The normalized spacial score (nSPS) is 13.1. The van der Waals surface area contributed by atoms with E-state index in [1.807, 2.05) is 0 Å². The molecule has 0 rings (SSSR count). The van der Waals surface area contributed by atoms with Crippen LogP contribution in [0, 0.1) is 0 Å². The standard InChI is InChI=1S/C7H13ClO/c1-3-5-7(4-2)9-6-8/h4,7H,2-3,5-6H2,1H3. The molecule has 1 unspecified atom stereocenters. The Bertz CT molecular complexity index is 67.3. The summed E-state index contributed by atoms with van der Waals surface area (Å²) in [5.74, 6) is 0. The highest BCUT2D eigenvalue weighted by Gasteiger charge is 1.99. The van der Waals surface area contributed by atoms with Gasteiger partial charge in [-0.25, -0.2) is 0 Å². The number of halogens is 1. The summed E-state index contributed by atoms with van der Waals surface area (Å²) >= 11 is 5.34. The van der Waals surface area contributed by atoms with Crippen LogP contribution in [0.15, 0.2) is 12.7 Å². The Morgan fingerprint density at radius 2 is 2.44 bits per heavy atom. The zero-order valence-corrected chi connectivity index (χ0v) is 6.53. The molecular weight excluding hydrogens is 136 g/mol. The molecule has 0 amide bonds. The molecule has 0 saturated carbocycles. The smallest absolute Gasteiger partial charge is 0.121 e. The van der Waals surface area contributed by atoms with Crippen molar-refractivity contribution >= 4 is 11.6 Å². The molecule has 0 radical (unpaired) electrons. The molecule has 0 aliphatic rings. The summed E-state index contributed by atoms with van der Waals surface area (Å²) < 4.78 is 5.08.